The van der Waals surface area contributed by atoms with E-state index in [1.165, 1.54) is 21.9 Å². The molecule has 25 heteroatoms. The van der Waals surface area contributed by atoms with Gasteiger partial charge in [0.05, 0.1) is 51.4 Å². The van der Waals surface area contributed by atoms with E-state index in [-0.39, 0.29) is 49.7 Å². The highest BCUT2D eigenvalue weighted by molar-refractivity contribution is 7.89. The van der Waals surface area contributed by atoms with Crippen molar-refractivity contribution in [1.82, 2.24) is 9.80 Å². The van der Waals surface area contributed by atoms with Crippen molar-refractivity contribution >= 4 is 77.3 Å². The van der Waals surface area contributed by atoms with E-state index in [2.05, 4.69) is 13.0 Å². The van der Waals surface area contributed by atoms with Gasteiger partial charge in [-0.2, -0.15) is 8.42 Å². The minimum atomic E-state index is -3.63. The molecule has 3 saturated heterocycles. The summed E-state index contributed by atoms with van der Waals surface area (Å²) in [5, 5.41) is 0. The lowest BCUT2D eigenvalue weighted by Crippen LogP contribution is -2.52. The van der Waals surface area contributed by atoms with Crippen LogP contribution < -0.4 is 21.3 Å². The largest absolute Gasteiger partial charge is 0.466 e. The minimum absolute atomic E-state index is 0.0827. The summed E-state index contributed by atoms with van der Waals surface area (Å²) in [6, 6.07) is 12.5. The lowest BCUT2D eigenvalue weighted by molar-refractivity contribution is -0.144. The van der Waals surface area contributed by atoms with Crippen LogP contribution in [-0.4, -0.2) is 161 Å². The number of amidine groups is 2. The van der Waals surface area contributed by atoms with Crippen LogP contribution in [0.3, 0.4) is 0 Å². The molecule has 3 heterocycles. The van der Waals surface area contributed by atoms with E-state index >= 15 is 0 Å². The maximum Gasteiger partial charge on any atom is 0.414 e. The van der Waals surface area contributed by atoms with Gasteiger partial charge in [0.25, 0.3) is 30.2 Å². The van der Waals surface area contributed by atoms with Crippen LogP contribution in [0.15, 0.2) is 57.3 Å². The number of carbonyl (C=O) groups excluding carboxylic acids is 4. The molecule has 2 aromatic rings. The van der Waals surface area contributed by atoms with Crippen molar-refractivity contribution < 1.29 is 62.8 Å². The standard InChI is InChI=1S/C21H29N5O7S.C13H17N3O7S2/c1-3-32-19(28)8-9-25-11-10-24(14-18(25)27)12-17-13-26(21(29)33-17)16-6-4-15(5-7-16)20(22)23-34(2,30)31;1-24(18,19)15-12(14)9-3-5-10(6-4-9)16-7-11(23-13(16)17)8-22-25(2,20)21/h4-7,17H,3,8-14H2,1-2H3,(H2,22,23);3-6,11H,7-8H2,1-2H3,(H2,14,15). The molecule has 0 spiro atoms. The summed E-state index contributed by atoms with van der Waals surface area (Å²) < 4.78 is 93.6. The Morgan fingerprint density at radius 1 is 0.763 bits per heavy atom. The van der Waals surface area contributed by atoms with Crippen LogP contribution in [0.25, 0.3) is 0 Å². The second-order valence-corrected chi connectivity index (χ2v) is 18.3. The number of amides is 3. The molecule has 4 N–H and O–H groups in total. The highest BCUT2D eigenvalue weighted by Gasteiger charge is 2.36. The molecule has 0 aromatic heterocycles. The fraction of sp³-hybridized carbons (Fsp3) is 0.471. The van der Waals surface area contributed by atoms with Crippen LogP contribution in [0, 0.1) is 0 Å². The molecular formula is C34H46N8O14S3. The van der Waals surface area contributed by atoms with Gasteiger partial charge in [0, 0.05) is 48.7 Å². The predicted molar refractivity (Wildman–Crippen MR) is 214 cm³/mol. The average Bonchev–Trinajstić information content (AvgIpc) is 3.70. The van der Waals surface area contributed by atoms with Crippen LogP contribution >= 0.6 is 0 Å². The van der Waals surface area contributed by atoms with Gasteiger partial charge in [-0.3, -0.25) is 28.5 Å². The molecule has 2 unspecified atom stereocenters. The van der Waals surface area contributed by atoms with E-state index in [0.29, 0.717) is 61.8 Å². The average molecular weight is 887 g/mol. The number of piperazine rings is 1. The highest BCUT2D eigenvalue weighted by atomic mass is 32.2. The number of hydrogen-bond acceptors (Lipinski definition) is 15. The number of sulfonamides is 2. The zero-order valence-corrected chi connectivity index (χ0v) is 35.1. The van der Waals surface area contributed by atoms with E-state index in [1.54, 1.807) is 48.2 Å². The fourth-order valence-corrected chi connectivity index (χ4v) is 7.15. The Labute approximate surface area is 341 Å². The first-order chi connectivity index (χ1) is 27.5. The van der Waals surface area contributed by atoms with Crippen molar-refractivity contribution in [1.29, 1.82) is 0 Å². The van der Waals surface area contributed by atoms with Gasteiger partial charge in [0.1, 0.15) is 30.5 Å². The fourth-order valence-electron chi connectivity index (χ4n) is 5.83. The number of cyclic esters (lactones) is 2. The summed E-state index contributed by atoms with van der Waals surface area (Å²) in [5.41, 5.74) is 13.2. The van der Waals surface area contributed by atoms with Gasteiger partial charge < -0.3 is 30.6 Å². The molecule has 324 valence electrons. The van der Waals surface area contributed by atoms with Crippen molar-refractivity contribution in [2.45, 2.75) is 25.6 Å². The molecule has 3 aliphatic heterocycles. The lowest BCUT2D eigenvalue weighted by Gasteiger charge is -2.34. The van der Waals surface area contributed by atoms with Gasteiger partial charge in [-0.25, -0.2) is 26.4 Å². The highest BCUT2D eigenvalue weighted by Crippen LogP contribution is 2.24. The Bertz CT molecular complexity index is 2270. The Morgan fingerprint density at radius 2 is 1.24 bits per heavy atom. The Hall–Kier alpha value is -5.37. The number of benzene rings is 2. The monoisotopic (exact) mass is 886 g/mol. The van der Waals surface area contributed by atoms with Gasteiger partial charge in [0.2, 0.25) is 5.91 Å². The number of esters is 1. The van der Waals surface area contributed by atoms with Crippen LogP contribution in [0.2, 0.25) is 0 Å². The number of ether oxygens (including phenoxy) is 3. The van der Waals surface area contributed by atoms with Gasteiger partial charge >= 0.3 is 18.2 Å². The maximum absolute atomic E-state index is 12.4. The van der Waals surface area contributed by atoms with Crippen LogP contribution in [0.5, 0.6) is 0 Å². The Morgan fingerprint density at radius 3 is 1.68 bits per heavy atom. The third-order valence-corrected chi connectivity index (χ3v) is 10.1. The van der Waals surface area contributed by atoms with E-state index in [0.717, 1.165) is 18.8 Å². The van der Waals surface area contributed by atoms with E-state index in [9.17, 15) is 44.4 Å². The van der Waals surface area contributed by atoms with Gasteiger partial charge in [-0.15, -0.1) is 8.80 Å². The van der Waals surface area contributed by atoms with E-state index in [4.69, 9.17) is 25.7 Å². The van der Waals surface area contributed by atoms with Crippen LogP contribution in [0.1, 0.15) is 24.5 Å². The second-order valence-electron chi connectivity index (χ2n) is 13.4. The second kappa shape index (κ2) is 19.6. The molecule has 0 aliphatic carbocycles. The Kier molecular flexibility index (Phi) is 15.4. The molecule has 2 atom stereocenters. The van der Waals surface area contributed by atoms with Crippen LogP contribution in [-0.2, 0) is 58.1 Å². The summed E-state index contributed by atoms with van der Waals surface area (Å²) in [4.78, 5) is 54.5. The molecule has 0 bridgehead atoms. The summed E-state index contributed by atoms with van der Waals surface area (Å²) in [6.07, 6.45) is 0.657. The zero-order valence-electron chi connectivity index (χ0n) is 32.6. The first kappa shape index (κ1) is 46.3. The third-order valence-electron chi connectivity index (χ3n) is 8.44. The number of carbonyl (C=O) groups is 4. The topological polar surface area (TPSA) is 297 Å². The molecule has 22 nitrogen and oxygen atoms in total. The van der Waals surface area contributed by atoms with Crippen molar-refractivity contribution in [2.75, 3.05) is 87.6 Å². The number of nitrogens with two attached hydrogens (primary N) is 2. The number of rotatable bonds is 15. The first-order valence-electron chi connectivity index (χ1n) is 17.8. The maximum atomic E-state index is 12.4. The van der Waals surface area contributed by atoms with Crippen molar-refractivity contribution in [2.24, 2.45) is 20.3 Å². The molecule has 0 radical (unpaired) electrons. The van der Waals surface area contributed by atoms with Crippen LogP contribution in [0.4, 0.5) is 21.0 Å². The zero-order chi connectivity index (χ0) is 43.7. The summed E-state index contributed by atoms with van der Waals surface area (Å²) in [5.74, 6) is -0.714. The minimum Gasteiger partial charge on any atom is -0.466 e. The van der Waals surface area contributed by atoms with Gasteiger partial charge in [-0.1, -0.05) is 0 Å². The quantitative estimate of drug-likeness (QED) is 0.0744. The molecule has 0 saturated carbocycles. The molecule has 59 heavy (non-hydrogen) atoms. The molecule has 3 amide bonds. The number of hydrogen-bond donors (Lipinski definition) is 2. The molecule has 5 rings (SSSR count). The number of nitrogens with zero attached hydrogens (tertiary/aromatic N) is 6. The summed E-state index contributed by atoms with van der Waals surface area (Å²) in [6.45, 7) is 4.21. The smallest absolute Gasteiger partial charge is 0.414 e. The van der Waals surface area contributed by atoms with E-state index < -0.39 is 54.6 Å². The van der Waals surface area contributed by atoms with Crippen molar-refractivity contribution in [3.8, 4) is 0 Å². The first-order valence-corrected chi connectivity index (χ1v) is 23.3. The molecule has 3 aliphatic rings. The summed E-state index contributed by atoms with van der Waals surface area (Å²) >= 11 is 0. The number of anilines is 2. The summed E-state index contributed by atoms with van der Waals surface area (Å²) in [7, 11) is -10.9. The van der Waals surface area contributed by atoms with Crippen molar-refractivity contribution in [3.63, 3.8) is 0 Å². The van der Waals surface area contributed by atoms with Crippen molar-refractivity contribution in [3.05, 3.63) is 59.7 Å². The normalized spacial score (nSPS) is 19.6. The predicted octanol–water partition coefficient (Wildman–Crippen LogP) is -0.573. The molecule has 3 fully saturated rings. The van der Waals surface area contributed by atoms with Gasteiger partial charge in [0.15, 0.2) is 0 Å². The Balaban J connectivity index is 0.000000273. The molecule has 2 aromatic carbocycles. The van der Waals surface area contributed by atoms with Gasteiger partial charge in [-0.05, 0) is 55.5 Å². The SMILES string of the molecule is CCOC(=O)CCN1CCN(CC2CN(c3ccc(C(N)=NS(C)(=O)=O)cc3)C(=O)O2)CC1=O.CS(=O)(=O)N=C(N)c1ccc(N2CC(COS(C)(=O)=O)OC2=O)cc1. The van der Waals surface area contributed by atoms with E-state index in [1.807, 2.05) is 4.90 Å². The molecular weight excluding hydrogens is 841 g/mol. The lowest BCUT2D eigenvalue weighted by atomic mass is 10.2. The third kappa shape index (κ3) is 14.8.